The van der Waals surface area contributed by atoms with Crippen molar-refractivity contribution in [2.45, 2.75) is 0 Å². The van der Waals surface area contributed by atoms with Gasteiger partial charge in [0.05, 0.1) is 5.52 Å². The maximum atomic E-state index is 6.13. The number of pyridine rings is 1. The van der Waals surface area contributed by atoms with E-state index in [9.17, 15) is 0 Å². The number of aromatic nitrogens is 1. The van der Waals surface area contributed by atoms with Crippen LogP contribution in [0.1, 0.15) is 0 Å². The van der Waals surface area contributed by atoms with E-state index in [1.165, 1.54) is 0 Å². The fourth-order valence-electron chi connectivity index (χ4n) is 1.81. The van der Waals surface area contributed by atoms with Crippen LogP contribution in [0, 0.1) is 0 Å². The minimum atomic E-state index is 0.778. The molecular weight excluding hydrogens is 206 g/mol. The van der Waals surface area contributed by atoms with Crippen molar-refractivity contribution in [2.75, 3.05) is 0 Å². The van der Waals surface area contributed by atoms with Crippen molar-refractivity contribution in [1.29, 1.82) is 0 Å². The smallest absolute Gasteiger partial charge is 0.0708 e. The molecule has 3 aromatic rings. The van der Waals surface area contributed by atoms with Gasteiger partial charge in [-0.1, -0.05) is 29.8 Å². The summed E-state index contributed by atoms with van der Waals surface area (Å²) in [4.78, 5) is 4.31. The number of nitrogens with zero attached hydrogens (tertiary/aromatic N) is 1. The van der Waals surface area contributed by atoms with Crippen LogP contribution in [0.3, 0.4) is 0 Å². The van der Waals surface area contributed by atoms with Crippen molar-refractivity contribution in [3.63, 3.8) is 0 Å². The molecule has 0 spiro atoms. The molecule has 0 saturated carbocycles. The Morgan fingerprint density at radius 3 is 2.73 bits per heavy atom. The summed E-state index contributed by atoms with van der Waals surface area (Å²) in [5.41, 5.74) is 0.984. The van der Waals surface area contributed by atoms with Gasteiger partial charge in [-0.05, 0) is 29.7 Å². The third-order valence-corrected chi connectivity index (χ3v) is 2.88. The molecule has 0 unspecified atom stereocenters. The van der Waals surface area contributed by atoms with Crippen molar-refractivity contribution in [2.24, 2.45) is 0 Å². The van der Waals surface area contributed by atoms with Crippen LogP contribution in [0.5, 0.6) is 0 Å². The Bertz CT molecular complexity index is 646. The lowest BCUT2D eigenvalue weighted by Gasteiger charge is -2.02. The summed E-state index contributed by atoms with van der Waals surface area (Å²) in [7, 11) is 0. The molecule has 0 fully saturated rings. The Labute approximate surface area is 92.3 Å². The molecule has 3 rings (SSSR count). The van der Waals surface area contributed by atoms with Gasteiger partial charge in [-0.25, -0.2) is 0 Å². The normalized spacial score (nSPS) is 11.0. The number of fused-ring (bicyclic) bond motifs is 2. The molecule has 1 heterocycles. The molecule has 15 heavy (non-hydrogen) atoms. The Kier molecular flexibility index (Phi) is 1.86. The van der Waals surface area contributed by atoms with Crippen molar-refractivity contribution in [3.05, 3.63) is 53.7 Å². The van der Waals surface area contributed by atoms with Gasteiger partial charge in [-0.2, -0.15) is 0 Å². The molecule has 0 saturated heterocycles. The van der Waals surface area contributed by atoms with E-state index < -0.39 is 0 Å². The quantitative estimate of drug-likeness (QED) is 0.514. The first-order valence-corrected chi connectivity index (χ1v) is 5.15. The van der Waals surface area contributed by atoms with Gasteiger partial charge in [0.1, 0.15) is 0 Å². The lowest BCUT2D eigenvalue weighted by atomic mass is 10.1. The van der Waals surface area contributed by atoms with E-state index in [1.807, 2.05) is 24.3 Å². The molecule has 0 N–H and O–H groups in total. The fourth-order valence-corrected chi connectivity index (χ4v) is 2.05. The molecule has 2 aromatic carbocycles. The monoisotopic (exact) mass is 213 g/mol. The van der Waals surface area contributed by atoms with Crippen LogP contribution in [0.2, 0.25) is 5.02 Å². The largest absolute Gasteiger partial charge is 0.256 e. The topological polar surface area (TPSA) is 12.9 Å². The Balaban J connectivity index is 2.53. The zero-order valence-corrected chi connectivity index (χ0v) is 8.70. The highest BCUT2D eigenvalue weighted by Crippen LogP contribution is 2.26. The SMILES string of the molecule is Clc1cccc2cc3cccnc3cc12. The summed E-state index contributed by atoms with van der Waals surface area (Å²) in [6, 6.07) is 14.1. The Hall–Kier alpha value is -1.60. The molecule has 0 aliphatic rings. The Morgan fingerprint density at radius 1 is 0.933 bits per heavy atom. The molecule has 72 valence electrons. The van der Waals surface area contributed by atoms with E-state index in [2.05, 4.69) is 23.2 Å². The summed E-state index contributed by atoms with van der Waals surface area (Å²) >= 11 is 6.13. The maximum absolute atomic E-state index is 6.13. The predicted molar refractivity (Wildman–Crippen MR) is 64.3 cm³/mol. The first kappa shape index (κ1) is 8.69. The molecule has 0 amide bonds. The van der Waals surface area contributed by atoms with Crippen LogP contribution in [0.4, 0.5) is 0 Å². The van der Waals surface area contributed by atoms with Gasteiger partial charge in [-0.15, -0.1) is 0 Å². The number of rotatable bonds is 0. The molecule has 1 aromatic heterocycles. The van der Waals surface area contributed by atoms with E-state index in [-0.39, 0.29) is 0 Å². The number of halogens is 1. The van der Waals surface area contributed by atoms with Crippen LogP contribution in [0.25, 0.3) is 21.7 Å². The second-order valence-corrected chi connectivity index (χ2v) is 3.92. The number of hydrogen-bond donors (Lipinski definition) is 0. The van der Waals surface area contributed by atoms with E-state index in [1.54, 1.807) is 6.20 Å². The van der Waals surface area contributed by atoms with Crippen LogP contribution in [-0.4, -0.2) is 4.98 Å². The highest BCUT2D eigenvalue weighted by Gasteiger charge is 2.00. The van der Waals surface area contributed by atoms with Crippen molar-refractivity contribution < 1.29 is 0 Å². The lowest BCUT2D eigenvalue weighted by molar-refractivity contribution is 1.42. The average Bonchev–Trinajstić information content (AvgIpc) is 2.27. The summed E-state index contributed by atoms with van der Waals surface area (Å²) in [5, 5.41) is 4.14. The van der Waals surface area contributed by atoms with E-state index in [4.69, 9.17) is 11.6 Å². The standard InChI is InChI=1S/C13H8ClN/c14-12-5-1-3-9-7-10-4-2-6-15-13(10)8-11(9)12/h1-8H. The van der Waals surface area contributed by atoms with E-state index in [0.29, 0.717) is 0 Å². The first-order chi connectivity index (χ1) is 7.34. The first-order valence-electron chi connectivity index (χ1n) is 4.77. The fraction of sp³-hybridized carbons (Fsp3) is 0. The molecule has 0 aliphatic carbocycles. The molecule has 0 radical (unpaired) electrons. The van der Waals surface area contributed by atoms with E-state index in [0.717, 1.165) is 26.7 Å². The molecule has 2 heteroatoms. The van der Waals surface area contributed by atoms with Crippen LogP contribution >= 0.6 is 11.6 Å². The Morgan fingerprint density at radius 2 is 1.80 bits per heavy atom. The molecule has 0 aliphatic heterocycles. The zero-order chi connectivity index (χ0) is 10.3. The van der Waals surface area contributed by atoms with Gasteiger partial charge in [0.25, 0.3) is 0 Å². The number of hydrogen-bond acceptors (Lipinski definition) is 1. The van der Waals surface area contributed by atoms with Gasteiger partial charge >= 0.3 is 0 Å². The van der Waals surface area contributed by atoms with E-state index >= 15 is 0 Å². The molecule has 0 atom stereocenters. The predicted octanol–water partition coefficient (Wildman–Crippen LogP) is 4.04. The summed E-state index contributed by atoms with van der Waals surface area (Å²) in [5.74, 6) is 0. The zero-order valence-electron chi connectivity index (χ0n) is 7.94. The van der Waals surface area contributed by atoms with Gasteiger partial charge in [0.15, 0.2) is 0 Å². The third kappa shape index (κ3) is 1.36. The summed E-state index contributed by atoms with van der Waals surface area (Å²) in [6.07, 6.45) is 1.80. The summed E-state index contributed by atoms with van der Waals surface area (Å²) in [6.45, 7) is 0. The molecular formula is C13H8ClN. The van der Waals surface area contributed by atoms with Gasteiger partial charge in [-0.3, -0.25) is 4.98 Å². The van der Waals surface area contributed by atoms with Gasteiger partial charge < -0.3 is 0 Å². The van der Waals surface area contributed by atoms with Crippen LogP contribution in [0.15, 0.2) is 48.7 Å². The second-order valence-electron chi connectivity index (χ2n) is 3.51. The van der Waals surface area contributed by atoms with Crippen molar-refractivity contribution in [1.82, 2.24) is 4.98 Å². The highest BCUT2D eigenvalue weighted by molar-refractivity contribution is 6.35. The third-order valence-electron chi connectivity index (χ3n) is 2.55. The maximum Gasteiger partial charge on any atom is 0.0708 e. The van der Waals surface area contributed by atoms with Gasteiger partial charge in [0.2, 0.25) is 0 Å². The van der Waals surface area contributed by atoms with Gasteiger partial charge in [0, 0.05) is 22.0 Å². The minimum absolute atomic E-state index is 0.778. The lowest BCUT2D eigenvalue weighted by Crippen LogP contribution is -1.79. The second kappa shape index (κ2) is 3.21. The van der Waals surface area contributed by atoms with Crippen LogP contribution in [-0.2, 0) is 0 Å². The summed E-state index contributed by atoms with van der Waals surface area (Å²) < 4.78 is 0. The minimum Gasteiger partial charge on any atom is -0.256 e. The molecule has 0 bridgehead atoms. The highest BCUT2D eigenvalue weighted by atomic mass is 35.5. The van der Waals surface area contributed by atoms with Crippen molar-refractivity contribution in [3.8, 4) is 0 Å². The molecule has 1 nitrogen and oxygen atoms in total. The number of benzene rings is 2. The average molecular weight is 214 g/mol. The van der Waals surface area contributed by atoms with Crippen molar-refractivity contribution >= 4 is 33.3 Å². The van der Waals surface area contributed by atoms with Crippen LogP contribution < -0.4 is 0 Å².